The van der Waals surface area contributed by atoms with Gasteiger partial charge in [0.1, 0.15) is 11.5 Å². The number of likely N-dealkylation sites (tertiary alicyclic amines) is 1. The molecule has 3 rings (SSSR count). The Labute approximate surface area is 154 Å². The number of nitrogens with one attached hydrogen (secondary N) is 1. The van der Waals surface area contributed by atoms with Gasteiger partial charge in [-0.1, -0.05) is 42.8 Å². The van der Waals surface area contributed by atoms with Crippen LogP contribution in [0.25, 0.3) is 0 Å². The van der Waals surface area contributed by atoms with Crippen LogP contribution in [0.1, 0.15) is 30.9 Å². The van der Waals surface area contributed by atoms with Crippen molar-refractivity contribution in [3.05, 3.63) is 60.2 Å². The van der Waals surface area contributed by atoms with Gasteiger partial charge in [0.05, 0.1) is 13.2 Å². The molecule has 0 bridgehead atoms. The van der Waals surface area contributed by atoms with E-state index in [-0.39, 0.29) is 6.04 Å². The summed E-state index contributed by atoms with van der Waals surface area (Å²) in [6.07, 6.45) is 3.19. The summed E-state index contributed by atoms with van der Waals surface area (Å²) in [5, 5.41) is 2.92. The van der Waals surface area contributed by atoms with Gasteiger partial charge in [-0.05, 0) is 44.1 Å². The second-order valence-electron chi connectivity index (χ2n) is 6.44. The Balaban J connectivity index is 1.70. The maximum absolute atomic E-state index is 12.2. The van der Waals surface area contributed by atoms with Crippen LogP contribution < -0.4 is 14.8 Å². The SMILES string of the molecule is COc1ccccc1C(CNC(=O)Oc1ccccc1)N1CCCCC1. The fourth-order valence-corrected chi connectivity index (χ4v) is 3.42. The molecular formula is C21H26N2O3. The summed E-state index contributed by atoms with van der Waals surface area (Å²) in [6.45, 7) is 2.53. The van der Waals surface area contributed by atoms with Crippen LogP contribution in [0.15, 0.2) is 54.6 Å². The average Bonchev–Trinajstić information content (AvgIpc) is 2.70. The molecule has 0 saturated carbocycles. The molecule has 1 aliphatic rings. The fourth-order valence-electron chi connectivity index (χ4n) is 3.42. The first-order valence-corrected chi connectivity index (χ1v) is 9.15. The third-order valence-corrected chi connectivity index (χ3v) is 4.72. The fraction of sp³-hybridized carbons (Fsp3) is 0.381. The van der Waals surface area contributed by atoms with Crippen LogP contribution in [-0.2, 0) is 0 Å². The summed E-state index contributed by atoms with van der Waals surface area (Å²) in [4.78, 5) is 14.6. The highest BCUT2D eigenvalue weighted by molar-refractivity contribution is 5.70. The van der Waals surface area contributed by atoms with Gasteiger partial charge >= 0.3 is 6.09 Å². The predicted octanol–water partition coefficient (Wildman–Crippen LogP) is 4.01. The van der Waals surface area contributed by atoms with E-state index >= 15 is 0 Å². The van der Waals surface area contributed by atoms with Gasteiger partial charge in [0.15, 0.2) is 0 Å². The average molecular weight is 354 g/mol. The molecule has 5 heteroatoms. The Morgan fingerprint density at radius 1 is 1.04 bits per heavy atom. The van der Waals surface area contributed by atoms with E-state index in [9.17, 15) is 4.79 Å². The predicted molar refractivity (Wildman–Crippen MR) is 102 cm³/mol. The topological polar surface area (TPSA) is 50.8 Å². The standard InChI is InChI=1S/C21H26N2O3/c1-25-20-13-7-6-12-18(20)19(23-14-8-3-9-15-23)16-22-21(24)26-17-10-4-2-5-11-17/h2,4-7,10-13,19H,3,8-9,14-16H2,1H3,(H,22,24). The Hall–Kier alpha value is -2.53. The number of benzene rings is 2. The van der Waals surface area contributed by atoms with Gasteiger partial charge < -0.3 is 14.8 Å². The minimum atomic E-state index is -0.437. The van der Waals surface area contributed by atoms with Crippen molar-refractivity contribution < 1.29 is 14.3 Å². The summed E-state index contributed by atoms with van der Waals surface area (Å²) in [6, 6.07) is 17.2. The maximum atomic E-state index is 12.2. The molecule has 1 fully saturated rings. The number of hydrogen-bond acceptors (Lipinski definition) is 4. The molecule has 1 amide bonds. The zero-order valence-corrected chi connectivity index (χ0v) is 15.2. The van der Waals surface area contributed by atoms with Crippen LogP contribution in [0.3, 0.4) is 0 Å². The lowest BCUT2D eigenvalue weighted by Gasteiger charge is -2.35. The third-order valence-electron chi connectivity index (χ3n) is 4.72. The summed E-state index contributed by atoms with van der Waals surface area (Å²) in [7, 11) is 1.68. The first kappa shape index (κ1) is 18.3. The van der Waals surface area contributed by atoms with Gasteiger partial charge in [0, 0.05) is 12.1 Å². The van der Waals surface area contributed by atoms with E-state index in [0.29, 0.717) is 12.3 Å². The molecule has 1 N–H and O–H groups in total. The summed E-state index contributed by atoms with van der Waals surface area (Å²) >= 11 is 0. The lowest BCUT2D eigenvalue weighted by atomic mass is 10.0. The van der Waals surface area contributed by atoms with Crippen molar-refractivity contribution in [1.29, 1.82) is 0 Å². The van der Waals surface area contributed by atoms with Crippen LogP contribution in [0, 0.1) is 0 Å². The first-order valence-electron chi connectivity index (χ1n) is 9.15. The van der Waals surface area contributed by atoms with Crippen molar-refractivity contribution in [3.63, 3.8) is 0 Å². The molecule has 0 spiro atoms. The number of rotatable bonds is 6. The molecule has 0 aliphatic carbocycles. The zero-order valence-electron chi connectivity index (χ0n) is 15.2. The lowest BCUT2D eigenvalue weighted by Crippen LogP contribution is -2.41. The van der Waals surface area contributed by atoms with E-state index in [1.165, 1.54) is 19.3 Å². The second-order valence-corrected chi connectivity index (χ2v) is 6.44. The minimum absolute atomic E-state index is 0.0646. The van der Waals surface area contributed by atoms with E-state index in [4.69, 9.17) is 9.47 Å². The third kappa shape index (κ3) is 4.76. The second kappa shape index (κ2) is 9.25. The molecule has 26 heavy (non-hydrogen) atoms. The Morgan fingerprint density at radius 2 is 1.73 bits per heavy atom. The van der Waals surface area contributed by atoms with E-state index in [2.05, 4.69) is 16.3 Å². The number of nitrogens with zero attached hydrogens (tertiary/aromatic N) is 1. The van der Waals surface area contributed by atoms with Crippen LogP contribution in [-0.4, -0.2) is 37.7 Å². The Kier molecular flexibility index (Phi) is 6.50. The van der Waals surface area contributed by atoms with Gasteiger partial charge in [0.2, 0.25) is 0 Å². The highest BCUT2D eigenvalue weighted by Gasteiger charge is 2.25. The van der Waals surface area contributed by atoms with Crippen molar-refractivity contribution in [3.8, 4) is 11.5 Å². The normalized spacial score (nSPS) is 15.9. The van der Waals surface area contributed by atoms with Gasteiger partial charge in [-0.2, -0.15) is 0 Å². The minimum Gasteiger partial charge on any atom is -0.496 e. The molecule has 0 aromatic heterocycles. The number of carbonyl (C=O) groups is 1. The number of piperidine rings is 1. The van der Waals surface area contributed by atoms with Crippen molar-refractivity contribution in [2.45, 2.75) is 25.3 Å². The Bertz CT molecular complexity index is 699. The van der Waals surface area contributed by atoms with E-state index < -0.39 is 6.09 Å². The van der Waals surface area contributed by atoms with Crippen molar-refractivity contribution >= 4 is 6.09 Å². The molecule has 1 aliphatic heterocycles. The number of carbonyl (C=O) groups excluding carboxylic acids is 1. The molecule has 2 aromatic rings. The molecule has 0 radical (unpaired) electrons. The summed E-state index contributed by atoms with van der Waals surface area (Å²) in [5.41, 5.74) is 1.09. The van der Waals surface area contributed by atoms with E-state index in [0.717, 1.165) is 24.4 Å². The van der Waals surface area contributed by atoms with Crippen LogP contribution in [0.2, 0.25) is 0 Å². The molecular weight excluding hydrogens is 328 g/mol. The largest absolute Gasteiger partial charge is 0.496 e. The number of ether oxygens (including phenoxy) is 2. The molecule has 138 valence electrons. The van der Waals surface area contributed by atoms with E-state index in [1.54, 1.807) is 19.2 Å². The van der Waals surface area contributed by atoms with E-state index in [1.807, 2.05) is 36.4 Å². The number of amides is 1. The number of hydrogen-bond donors (Lipinski definition) is 1. The van der Waals surface area contributed by atoms with Gasteiger partial charge in [0.25, 0.3) is 0 Å². The highest BCUT2D eigenvalue weighted by atomic mass is 16.6. The van der Waals surface area contributed by atoms with Crippen molar-refractivity contribution in [2.75, 3.05) is 26.7 Å². The van der Waals surface area contributed by atoms with Crippen LogP contribution in [0.4, 0.5) is 4.79 Å². The van der Waals surface area contributed by atoms with Crippen molar-refractivity contribution in [2.24, 2.45) is 0 Å². The molecule has 1 saturated heterocycles. The summed E-state index contributed by atoms with van der Waals surface area (Å²) < 4.78 is 10.9. The highest BCUT2D eigenvalue weighted by Crippen LogP contribution is 2.30. The molecule has 5 nitrogen and oxygen atoms in total. The molecule has 2 aromatic carbocycles. The number of methoxy groups -OCH3 is 1. The molecule has 1 unspecified atom stereocenters. The van der Waals surface area contributed by atoms with Crippen LogP contribution in [0.5, 0.6) is 11.5 Å². The first-order chi connectivity index (χ1) is 12.8. The van der Waals surface area contributed by atoms with Gasteiger partial charge in [-0.15, -0.1) is 0 Å². The van der Waals surface area contributed by atoms with Crippen LogP contribution >= 0.6 is 0 Å². The Morgan fingerprint density at radius 3 is 2.46 bits per heavy atom. The lowest BCUT2D eigenvalue weighted by molar-refractivity contribution is 0.152. The summed E-state index contributed by atoms with van der Waals surface area (Å²) in [5.74, 6) is 1.39. The molecule has 1 heterocycles. The smallest absolute Gasteiger partial charge is 0.412 e. The quantitative estimate of drug-likeness (QED) is 0.851. The monoisotopic (exact) mass is 354 g/mol. The van der Waals surface area contributed by atoms with Gasteiger partial charge in [-0.3, -0.25) is 4.90 Å². The number of para-hydroxylation sites is 2. The molecule has 1 atom stereocenters. The zero-order chi connectivity index (χ0) is 18.2. The van der Waals surface area contributed by atoms with Gasteiger partial charge in [-0.25, -0.2) is 4.79 Å². The van der Waals surface area contributed by atoms with Crippen molar-refractivity contribution in [1.82, 2.24) is 10.2 Å². The maximum Gasteiger partial charge on any atom is 0.412 e.